The van der Waals surface area contributed by atoms with E-state index < -0.39 is 17.1 Å². The first-order valence-corrected chi connectivity index (χ1v) is 7.91. The number of rotatable bonds is 7. The van der Waals surface area contributed by atoms with Crippen LogP contribution in [0.2, 0.25) is 0 Å². The molecule has 2 atom stereocenters. The summed E-state index contributed by atoms with van der Waals surface area (Å²) < 4.78 is 5.56. The van der Waals surface area contributed by atoms with Crippen molar-refractivity contribution in [3.8, 4) is 11.2 Å². The van der Waals surface area contributed by atoms with Crippen LogP contribution in [0, 0.1) is 10.7 Å². The van der Waals surface area contributed by atoms with E-state index >= 15 is 0 Å². The zero-order chi connectivity index (χ0) is 16.7. The number of hydrogen-bond acceptors (Lipinski definition) is 5. The van der Waals surface area contributed by atoms with E-state index in [2.05, 4.69) is 0 Å². The first-order valence-electron chi connectivity index (χ1n) is 7.03. The molecule has 2 aromatic rings. The Bertz CT molecular complexity index is 716. The Hall–Kier alpha value is -2.29. The van der Waals surface area contributed by atoms with E-state index in [1.807, 2.05) is 11.5 Å². The van der Waals surface area contributed by atoms with Gasteiger partial charge in [-0.2, -0.15) is 5.26 Å². The summed E-state index contributed by atoms with van der Waals surface area (Å²) in [4.78, 5) is 25.0. The van der Waals surface area contributed by atoms with Crippen molar-refractivity contribution in [1.29, 1.82) is 5.26 Å². The lowest BCUT2D eigenvalue weighted by molar-refractivity contribution is -0.123. The molecule has 0 fully saturated rings. The predicted molar refractivity (Wildman–Crippen MR) is 96.6 cm³/mol. The first kappa shape index (κ1) is 19.8. The van der Waals surface area contributed by atoms with Gasteiger partial charge in [-0.05, 0) is 30.8 Å². The number of nitriles is 1. The van der Waals surface area contributed by atoms with Crippen LogP contribution >= 0.6 is 24.2 Å². The van der Waals surface area contributed by atoms with E-state index in [4.69, 9.17) is 10.00 Å². The van der Waals surface area contributed by atoms with Crippen molar-refractivity contribution in [2.45, 2.75) is 18.3 Å². The van der Waals surface area contributed by atoms with E-state index in [1.54, 1.807) is 61.5 Å². The van der Waals surface area contributed by atoms with E-state index in [0.29, 0.717) is 23.1 Å². The van der Waals surface area contributed by atoms with Gasteiger partial charge in [-0.15, -0.1) is 12.4 Å². The van der Waals surface area contributed by atoms with Crippen LogP contribution in [0.15, 0.2) is 60.7 Å². The molecule has 0 saturated heterocycles. The maximum Gasteiger partial charge on any atom is 0.194 e. The highest BCUT2D eigenvalue weighted by Gasteiger charge is 2.32. The highest BCUT2D eigenvalue weighted by molar-refractivity contribution is 8.05. The first-order chi connectivity index (χ1) is 11.1. The van der Waals surface area contributed by atoms with Gasteiger partial charge in [0.25, 0.3) is 0 Å². The molecule has 0 spiro atoms. The third-order valence-electron chi connectivity index (χ3n) is 3.18. The summed E-state index contributed by atoms with van der Waals surface area (Å²) >= 11 is 0.653. The van der Waals surface area contributed by atoms with Crippen LogP contribution in [0.4, 0.5) is 0 Å². The normalized spacial score (nSPS) is 12.2. The average molecular weight is 362 g/mol. The van der Waals surface area contributed by atoms with Crippen molar-refractivity contribution >= 4 is 35.7 Å². The highest BCUT2D eigenvalue weighted by Crippen LogP contribution is 2.20. The lowest BCUT2D eigenvalue weighted by Gasteiger charge is -2.18. The van der Waals surface area contributed by atoms with Gasteiger partial charge < -0.3 is 4.74 Å². The Morgan fingerprint density at radius 2 is 1.58 bits per heavy atom. The van der Waals surface area contributed by atoms with E-state index in [-0.39, 0.29) is 18.2 Å². The zero-order valence-corrected chi connectivity index (χ0v) is 14.5. The molecule has 4 nitrogen and oxygen atoms in total. The minimum absolute atomic E-state index is 0. The van der Waals surface area contributed by atoms with E-state index in [9.17, 15) is 9.59 Å². The summed E-state index contributed by atoms with van der Waals surface area (Å²) in [6.07, 6.45) is -0.823. The number of para-hydroxylation sites is 1. The van der Waals surface area contributed by atoms with Gasteiger partial charge in [0.05, 0.1) is 0 Å². The summed E-state index contributed by atoms with van der Waals surface area (Å²) in [6.45, 7) is 1.58. The monoisotopic (exact) mass is 361 g/mol. The summed E-state index contributed by atoms with van der Waals surface area (Å²) in [5, 5.41) is 9.66. The molecule has 124 valence electrons. The lowest BCUT2D eigenvalue weighted by Crippen LogP contribution is -2.37. The molecule has 2 rings (SSSR count). The number of ether oxygens (including phenoxy) is 1. The summed E-state index contributed by atoms with van der Waals surface area (Å²) in [5.41, 5.74) is 0.403. The van der Waals surface area contributed by atoms with Crippen LogP contribution in [-0.2, 0) is 4.79 Å². The molecule has 0 saturated carbocycles. The number of carbonyl (C=O) groups excluding carboxylic acids is 2. The number of carbonyl (C=O) groups is 2. The molecule has 0 aliphatic rings. The van der Waals surface area contributed by atoms with Gasteiger partial charge in [-0.3, -0.25) is 9.59 Å². The maximum absolute atomic E-state index is 12.5. The van der Waals surface area contributed by atoms with Crippen molar-refractivity contribution < 1.29 is 14.3 Å². The second-order valence-corrected chi connectivity index (χ2v) is 5.68. The predicted octanol–water partition coefficient (Wildman–Crippen LogP) is 3.91. The second-order valence-electron chi connectivity index (χ2n) is 4.79. The van der Waals surface area contributed by atoms with E-state index in [0.717, 1.165) is 0 Å². The van der Waals surface area contributed by atoms with Gasteiger partial charge in [0.15, 0.2) is 17.7 Å². The van der Waals surface area contributed by atoms with Crippen LogP contribution in [-0.4, -0.2) is 22.9 Å². The van der Waals surface area contributed by atoms with Gasteiger partial charge in [0, 0.05) is 5.56 Å². The number of thiocyanates is 1. The molecule has 0 aliphatic carbocycles. The summed E-state index contributed by atoms with van der Waals surface area (Å²) in [5.74, 6) is -0.263. The fraction of sp³-hybridized carbons (Fsp3) is 0.167. The standard InChI is InChI=1S/C18H15NO3S.ClH/c1-13(22-15-10-6-3-7-11-15)16(20)18(23-12-19)17(21)14-8-4-2-5-9-14;/h2-11,13,18H,1H3;1H. The van der Waals surface area contributed by atoms with Crippen molar-refractivity contribution in [2.75, 3.05) is 0 Å². The molecule has 0 radical (unpaired) electrons. The number of nitrogens with zero attached hydrogens (tertiary/aromatic N) is 1. The fourth-order valence-corrected chi connectivity index (χ4v) is 2.68. The van der Waals surface area contributed by atoms with Crippen LogP contribution < -0.4 is 4.74 Å². The Kier molecular flexibility index (Phi) is 8.03. The molecule has 6 heteroatoms. The highest BCUT2D eigenvalue weighted by atomic mass is 35.5. The number of thioether (sulfide) groups is 1. The molecular formula is C18H16ClNO3S. The molecule has 2 aromatic carbocycles. The number of benzene rings is 2. The Balaban J connectivity index is 0.00000288. The minimum Gasteiger partial charge on any atom is -0.483 e. The third kappa shape index (κ3) is 5.12. The lowest BCUT2D eigenvalue weighted by atomic mass is 10.0. The summed E-state index contributed by atoms with van der Waals surface area (Å²) in [7, 11) is 0. The molecule has 0 aromatic heterocycles. The van der Waals surface area contributed by atoms with Crippen LogP contribution in [0.1, 0.15) is 17.3 Å². The van der Waals surface area contributed by atoms with Gasteiger partial charge in [0.2, 0.25) is 0 Å². The van der Waals surface area contributed by atoms with Crippen molar-refractivity contribution in [3.05, 3.63) is 66.2 Å². The van der Waals surface area contributed by atoms with Gasteiger partial charge in [-0.25, -0.2) is 0 Å². The van der Waals surface area contributed by atoms with E-state index in [1.165, 1.54) is 0 Å². The number of Topliss-reactive ketones (excluding diaryl/α,β-unsaturated/α-hetero) is 2. The SMILES string of the molecule is CC(Oc1ccccc1)C(=O)C(SC#N)C(=O)c1ccccc1.Cl. The average Bonchev–Trinajstić information content (AvgIpc) is 2.60. The second kappa shape index (κ2) is 9.76. The molecule has 0 bridgehead atoms. The Morgan fingerprint density at radius 1 is 1.04 bits per heavy atom. The third-order valence-corrected chi connectivity index (χ3v) is 3.97. The number of halogens is 1. The topological polar surface area (TPSA) is 67.2 Å². The molecule has 0 aliphatic heterocycles. The molecular weight excluding hydrogens is 346 g/mol. The van der Waals surface area contributed by atoms with Crippen LogP contribution in [0.25, 0.3) is 0 Å². The van der Waals surface area contributed by atoms with Gasteiger partial charge in [-0.1, -0.05) is 48.5 Å². The van der Waals surface area contributed by atoms with Gasteiger partial charge >= 0.3 is 0 Å². The molecule has 0 amide bonds. The van der Waals surface area contributed by atoms with Crippen LogP contribution in [0.3, 0.4) is 0 Å². The quantitative estimate of drug-likeness (QED) is 0.425. The van der Waals surface area contributed by atoms with Gasteiger partial charge in [0.1, 0.15) is 16.4 Å². The minimum atomic E-state index is -1.10. The molecule has 24 heavy (non-hydrogen) atoms. The number of hydrogen-bond donors (Lipinski definition) is 0. The zero-order valence-electron chi connectivity index (χ0n) is 12.9. The van der Waals surface area contributed by atoms with Crippen LogP contribution in [0.5, 0.6) is 5.75 Å². The molecule has 0 N–H and O–H groups in total. The maximum atomic E-state index is 12.5. The molecule has 2 unspecified atom stereocenters. The molecule has 0 heterocycles. The smallest absolute Gasteiger partial charge is 0.194 e. The van der Waals surface area contributed by atoms with Crippen molar-refractivity contribution in [1.82, 2.24) is 0 Å². The summed E-state index contributed by atoms with van der Waals surface area (Å²) in [6, 6.07) is 17.4. The van der Waals surface area contributed by atoms with Crippen molar-refractivity contribution in [3.63, 3.8) is 0 Å². The van der Waals surface area contributed by atoms with Crippen molar-refractivity contribution in [2.24, 2.45) is 0 Å². The Labute approximate surface area is 151 Å². The fourth-order valence-electron chi connectivity index (χ4n) is 2.02. The largest absolute Gasteiger partial charge is 0.483 e. The number of ketones is 2. The Morgan fingerprint density at radius 3 is 2.12 bits per heavy atom.